The second kappa shape index (κ2) is 7.44. The monoisotopic (exact) mass is 288 g/mol. The molecule has 0 radical (unpaired) electrons. The van der Waals surface area contributed by atoms with Crippen molar-refractivity contribution in [3.63, 3.8) is 0 Å². The van der Waals surface area contributed by atoms with Crippen LogP contribution in [0.25, 0.3) is 0 Å². The lowest BCUT2D eigenvalue weighted by Crippen LogP contribution is -2.48. The molecular formula is C17H24N2O2. The third kappa shape index (κ3) is 4.73. The zero-order valence-electron chi connectivity index (χ0n) is 13.0. The fourth-order valence-corrected chi connectivity index (χ4v) is 2.75. The maximum Gasteiger partial charge on any atom is 0.119 e. The second-order valence-corrected chi connectivity index (χ2v) is 5.86. The highest BCUT2D eigenvalue weighted by Gasteiger charge is 2.30. The van der Waals surface area contributed by atoms with Gasteiger partial charge in [0.25, 0.3) is 0 Å². The molecule has 114 valence electrons. The van der Waals surface area contributed by atoms with E-state index in [-0.39, 0.29) is 5.60 Å². The molecule has 2 rings (SSSR count). The first-order valence-electron chi connectivity index (χ1n) is 7.51. The Hall–Kier alpha value is -1.57. The predicted octanol–water partition coefficient (Wildman–Crippen LogP) is 2.63. The molecular weight excluding hydrogens is 264 g/mol. The number of methoxy groups -OCH3 is 1. The van der Waals surface area contributed by atoms with Gasteiger partial charge in [0.15, 0.2) is 0 Å². The summed E-state index contributed by atoms with van der Waals surface area (Å²) < 4.78 is 11.4. The number of hydrogen-bond donors (Lipinski definition) is 0. The highest BCUT2D eigenvalue weighted by molar-refractivity contribution is 5.28. The Labute approximate surface area is 127 Å². The Balaban J connectivity index is 1.75. The molecule has 0 aromatic heterocycles. The van der Waals surface area contributed by atoms with Gasteiger partial charge in [0.1, 0.15) is 12.4 Å². The maximum absolute atomic E-state index is 8.64. The van der Waals surface area contributed by atoms with Crippen molar-refractivity contribution in [2.75, 3.05) is 33.4 Å². The Kier molecular flexibility index (Phi) is 5.60. The fraction of sp³-hybridized carbons (Fsp3) is 0.588. The van der Waals surface area contributed by atoms with Gasteiger partial charge >= 0.3 is 0 Å². The van der Waals surface area contributed by atoms with Crippen LogP contribution in [-0.4, -0.2) is 43.9 Å². The molecule has 0 saturated carbocycles. The van der Waals surface area contributed by atoms with Crippen molar-refractivity contribution < 1.29 is 9.47 Å². The quantitative estimate of drug-likeness (QED) is 0.807. The normalized spacial score (nSPS) is 22.7. The minimum Gasteiger partial charge on any atom is -0.492 e. The molecule has 1 fully saturated rings. The number of benzene rings is 1. The first-order valence-corrected chi connectivity index (χ1v) is 7.51. The Bertz CT molecular complexity index is 481. The molecule has 1 aromatic rings. The van der Waals surface area contributed by atoms with E-state index in [1.54, 1.807) is 7.11 Å². The first-order chi connectivity index (χ1) is 10.1. The molecule has 1 unspecified atom stereocenters. The Morgan fingerprint density at radius 2 is 2.10 bits per heavy atom. The predicted molar refractivity (Wildman–Crippen MR) is 82.3 cm³/mol. The first kappa shape index (κ1) is 15.8. The van der Waals surface area contributed by atoms with Gasteiger partial charge in [-0.2, -0.15) is 5.26 Å². The van der Waals surface area contributed by atoms with Crippen molar-refractivity contribution in [1.82, 2.24) is 4.90 Å². The van der Waals surface area contributed by atoms with Gasteiger partial charge in [-0.3, -0.25) is 4.90 Å². The van der Waals surface area contributed by atoms with E-state index in [0.29, 0.717) is 13.0 Å². The van der Waals surface area contributed by atoms with E-state index in [2.05, 4.69) is 17.9 Å². The Morgan fingerprint density at radius 3 is 2.76 bits per heavy atom. The topological polar surface area (TPSA) is 45.5 Å². The van der Waals surface area contributed by atoms with E-state index in [0.717, 1.165) is 37.4 Å². The summed E-state index contributed by atoms with van der Waals surface area (Å²) in [5.41, 5.74) is 1.01. The lowest BCUT2D eigenvalue weighted by atomic mass is 9.95. The van der Waals surface area contributed by atoms with Crippen LogP contribution in [-0.2, 0) is 11.2 Å². The second-order valence-electron chi connectivity index (χ2n) is 5.86. The minimum atomic E-state index is -0.0167. The van der Waals surface area contributed by atoms with Gasteiger partial charge < -0.3 is 9.47 Å². The SMILES string of the molecule is COC1(C)CCCN(CCOc2ccc(CC#N)cc2)C1. The molecule has 1 aromatic carbocycles. The molecule has 4 nitrogen and oxygen atoms in total. The van der Waals surface area contributed by atoms with Crippen LogP contribution in [0.1, 0.15) is 25.3 Å². The van der Waals surface area contributed by atoms with Crippen LogP contribution < -0.4 is 4.74 Å². The number of piperidine rings is 1. The van der Waals surface area contributed by atoms with E-state index >= 15 is 0 Å². The van der Waals surface area contributed by atoms with Crippen LogP contribution in [0.4, 0.5) is 0 Å². The summed E-state index contributed by atoms with van der Waals surface area (Å²) >= 11 is 0. The van der Waals surface area contributed by atoms with Gasteiger partial charge in [-0.1, -0.05) is 12.1 Å². The van der Waals surface area contributed by atoms with E-state index in [4.69, 9.17) is 14.7 Å². The number of nitrogens with zero attached hydrogens (tertiary/aromatic N) is 2. The number of likely N-dealkylation sites (tertiary alicyclic amines) is 1. The summed E-state index contributed by atoms with van der Waals surface area (Å²) in [6.07, 6.45) is 2.75. The fourth-order valence-electron chi connectivity index (χ4n) is 2.75. The summed E-state index contributed by atoms with van der Waals surface area (Å²) in [5, 5.41) is 8.64. The summed E-state index contributed by atoms with van der Waals surface area (Å²) in [5.74, 6) is 0.864. The van der Waals surface area contributed by atoms with Crippen LogP contribution in [0.15, 0.2) is 24.3 Å². The van der Waals surface area contributed by atoms with E-state index in [1.807, 2.05) is 24.3 Å². The van der Waals surface area contributed by atoms with Crippen LogP contribution in [0.3, 0.4) is 0 Å². The van der Waals surface area contributed by atoms with Gasteiger partial charge in [-0.15, -0.1) is 0 Å². The average Bonchev–Trinajstić information content (AvgIpc) is 2.50. The molecule has 21 heavy (non-hydrogen) atoms. The molecule has 0 bridgehead atoms. The highest BCUT2D eigenvalue weighted by Crippen LogP contribution is 2.23. The third-order valence-corrected chi connectivity index (χ3v) is 4.11. The molecule has 0 amide bonds. The number of rotatable bonds is 6. The van der Waals surface area contributed by atoms with Gasteiger partial charge in [0, 0.05) is 20.2 Å². The summed E-state index contributed by atoms with van der Waals surface area (Å²) in [6, 6.07) is 9.90. The summed E-state index contributed by atoms with van der Waals surface area (Å²) in [7, 11) is 1.79. The lowest BCUT2D eigenvalue weighted by Gasteiger charge is -2.39. The van der Waals surface area contributed by atoms with Gasteiger partial charge in [-0.25, -0.2) is 0 Å². The van der Waals surface area contributed by atoms with Crippen molar-refractivity contribution in [1.29, 1.82) is 5.26 Å². The van der Waals surface area contributed by atoms with Crippen molar-refractivity contribution >= 4 is 0 Å². The molecule has 1 atom stereocenters. The van der Waals surface area contributed by atoms with Crippen LogP contribution in [0.2, 0.25) is 0 Å². The lowest BCUT2D eigenvalue weighted by molar-refractivity contribution is -0.0524. The van der Waals surface area contributed by atoms with Crippen molar-refractivity contribution in [3.05, 3.63) is 29.8 Å². The van der Waals surface area contributed by atoms with Crippen molar-refractivity contribution in [2.45, 2.75) is 31.8 Å². The van der Waals surface area contributed by atoms with E-state index < -0.39 is 0 Å². The molecule has 0 aliphatic carbocycles. The van der Waals surface area contributed by atoms with Gasteiger partial charge in [-0.05, 0) is 44.0 Å². The summed E-state index contributed by atoms with van der Waals surface area (Å²) in [6.45, 7) is 5.85. The number of ether oxygens (including phenoxy) is 2. The molecule has 0 N–H and O–H groups in total. The molecule has 4 heteroatoms. The molecule has 1 aliphatic rings. The molecule has 1 heterocycles. The van der Waals surface area contributed by atoms with Crippen LogP contribution >= 0.6 is 0 Å². The zero-order chi connectivity index (χ0) is 15.1. The molecule has 1 saturated heterocycles. The molecule has 0 spiro atoms. The number of hydrogen-bond acceptors (Lipinski definition) is 4. The van der Waals surface area contributed by atoms with E-state index in [9.17, 15) is 0 Å². The highest BCUT2D eigenvalue weighted by atomic mass is 16.5. The Morgan fingerprint density at radius 1 is 1.33 bits per heavy atom. The average molecular weight is 288 g/mol. The minimum absolute atomic E-state index is 0.0167. The zero-order valence-corrected chi connectivity index (χ0v) is 13.0. The van der Waals surface area contributed by atoms with Crippen molar-refractivity contribution in [3.8, 4) is 11.8 Å². The van der Waals surface area contributed by atoms with E-state index in [1.165, 1.54) is 6.42 Å². The summed E-state index contributed by atoms with van der Waals surface area (Å²) in [4.78, 5) is 2.40. The van der Waals surface area contributed by atoms with Crippen LogP contribution in [0, 0.1) is 11.3 Å². The largest absolute Gasteiger partial charge is 0.492 e. The standard InChI is InChI=1S/C17H24N2O2/c1-17(20-2)9-3-11-19(14-17)12-13-21-16-6-4-15(5-7-16)8-10-18/h4-7H,3,8-9,11-14H2,1-2H3. The van der Waals surface area contributed by atoms with Gasteiger partial charge in [0.05, 0.1) is 18.1 Å². The van der Waals surface area contributed by atoms with Crippen LogP contribution in [0.5, 0.6) is 5.75 Å². The van der Waals surface area contributed by atoms with Gasteiger partial charge in [0.2, 0.25) is 0 Å². The number of nitriles is 1. The van der Waals surface area contributed by atoms with Crippen molar-refractivity contribution in [2.24, 2.45) is 0 Å². The molecule has 1 aliphatic heterocycles. The smallest absolute Gasteiger partial charge is 0.119 e. The third-order valence-electron chi connectivity index (χ3n) is 4.11. The maximum atomic E-state index is 8.64.